The Kier molecular flexibility index (Phi) is 2.27. The van der Waals surface area contributed by atoms with Crippen LogP contribution in [0.15, 0.2) is 10.4 Å². The fourth-order valence-corrected chi connectivity index (χ4v) is 1.70. The van der Waals surface area contributed by atoms with Crippen LogP contribution in [-0.2, 0) is 13.2 Å². The van der Waals surface area contributed by atoms with E-state index in [1.54, 1.807) is 0 Å². The van der Waals surface area contributed by atoms with Gasteiger partial charge in [-0.15, -0.1) is 11.3 Å². The maximum absolute atomic E-state index is 12.1. The van der Waals surface area contributed by atoms with Crippen molar-refractivity contribution in [3.05, 3.63) is 15.9 Å². The van der Waals surface area contributed by atoms with Crippen molar-refractivity contribution in [2.24, 2.45) is 12.0 Å². The van der Waals surface area contributed by atoms with Crippen LogP contribution in [-0.4, -0.2) is 11.6 Å². The van der Waals surface area contributed by atoms with E-state index in [4.69, 9.17) is 0 Å². The Morgan fingerprint density at radius 3 is 2.33 bits per heavy atom. The van der Waals surface area contributed by atoms with Gasteiger partial charge in [0.1, 0.15) is 5.69 Å². The average molecular weight is 196 g/mol. The molecule has 68 valence electrons. The van der Waals surface area contributed by atoms with Gasteiger partial charge in [0.2, 0.25) is 0 Å². The minimum Gasteiger partial charge on any atom is -0.316 e. The third-order valence-corrected chi connectivity index (χ3v) is 2.41. The highest BCUT2D eigenvalue weighted by Gasteiger charge is 2.33. The highest BCUT2D eigenvalue weighted by molar-refractivity contribution is 7.07. The molecular weight excluding hydrogens is 189 g/mol. The van der Waals surface area contributed by atoms with E-state index in [0.29, 0.717) is 4.80 Å². The number of aromatic nitrogens is 1. The van der Waals surface area contributed by atoms with Crippen LogP contribution in [0.5, 0.6) is 0 Å². The summed E-state index contributed by atoms with van der Waals surface area (Å²) in [4.78, 5) is 4.05. The molecule has 0 aliphatic rings. The van der Waals surface area contributed by atoms with E-state index in [2.05, 4.69) is 4.99 Å². The van der Waals surface area contributed by atoms with Gasteiger partial charge in [-0.3, -0.25) is 4.99 Å². The summed E-state index contributed by atoms with van der Waals surface area (Å²) in [6, 6.07) is 0. The molecule has 0 saturated carbocycles. The van der Waals surface area contributed by atoms with Crippen LogP contribution in [0, 0.1) is 0 Å². The summed E-state index contributed by atoms with van der Waals surface area (Å²) in [6.45, 7) is 0. The van der Waals surface area contributed by atoms with Crippen LogP contribution < -0.4 is 4.80 Å². The maximum Gasteiger partial charge on any atom is 0.432 e. The van der Waals surface area contributed by atoms with Gasteiger partial charge in [-0.2, -0.15) is 13.2 Å². The summed E-state index contributed by atoms with van der Waals surface area (Å²) >= 11 is 0.979. The fraction of sp³-hybridized carbons (Fsp3) is 0.500. The second-order valence-electron chi connectivity index (χ2n) is 2.18. The Bertz CT molecular complexity index is 333. The third-order valence-electron chi connectivity index (χ3n) is 1.41. The Morgan fingerprint density at radius 2 is 2.08 bits per heavy atom. The molecule has 1 rings (SSSR count). The first kappa shape index (κ1) is 9.31. The van der Waals surface area contributed by atoms with Crippen molar-refractivity contribution in [3.63, 3.8) is 0 Å². The molecule has 2 nitrogen and oxygen atoms in total. The number of hydrogen-bond donors (Lipinski definition) is 0. The van der Waals surface area contributed by atoms with Gasteiger partial charge in [0.25, 0.3) is 0 Å². The Labute approximate surface area is 71.0 Å². The van der Waals surface area contributed by atoms with Gasteiger partial charge < -0.3 is 4.57 Å². The Hall–Kier alpha value is -0.780. The van der Waals surface area contributed by atoms with E-state index >= 15 is 0 Å². The summed E-state index contributed by atoms with van der Waals surface area (Å²) in [7, 11) is 2.81. The molecule has 0 bridgehead atoms. The molecule has 0 fully saturated rings. The van der Waals surface area contributed by atoms with Gasteiger partial charge in [0.05, 0.1) is 0 Å². The first-order valence-electron chi connectivity index (χ1n) is 3.11. The minimum absolute atomic E-state index is 0.363. The molecule has 1 heterocycles. The molecule has 0 amide bonds. The van der Waals surface area contributed by atoms with Crippen LogP contribution in [0.3, 0.4) is 0 Å². The molecule has 0 aliphatic carbocycles. The van der Waals surface area contributed by atoms with Crippen molar-refractivity contribution in [1.82, 2.24) is 4.57 Å². The summed E-state index contributed by atoms with van der Waals surface area (Å²) in [5.74, 6) is 0. The molecule has 0 aliphatic heterocycles. The van der Waals surface area contributed by atoms with Gasteiger partial charge in [-0.1, -0.05) is 0 Å². The molecule has 0 radical (unpaired) electrons. The predicted molar refractivity (Wildman–Crippen MR) is 39.8 cm³/mol. The van der Waals surface area contributed by atoms with E-state index in [1.807, 2.05) is 0 Å². The summed E-state index contributed by atoms with van der Waals surface area (Å²) in [6.07, 6.45) is -4.28. The molecule has 0 aromatic carbocycles. The predicted octanol–water partition coefficient (Wildman–Crippen LogP) is 1.64. The molecule has 12 heavy (non-hydrogen) atoms. The lowest BCUT2D eigenvalue weighted by Gasteiger charge is -2.05. The third kappa shape index (κ3) is 1.52. The van der Waals surface area contributed by atoms with Crippen molar-refractivity contribution >= 4 is 11.3 Å². The second kappa shape index (κ2) is 2.93. The number of rotatable bonds is 0. The molecule has 6 heteroatoms. The Balaban J connectivity index is 3.30. The number of alkyl halides is 3. The zero-order chi connectivity index (χ0) is 9.35. The zero-order valence-corrected chi connectivity index (χ0v) is 7.33. The van der Waals surface area contributed by atoms with Crippen molar-refractivity contribution in [2.75, 3.05) is 7.05 Å². The molecule has 1 aromatic rings. The van der Waals surface area contributed by atoms with Crippen LogP contribution >= 0.6 is 11.3 Å². The molecule has 0 spiro atoms. The zero-order valence-electron chi connectivity index (χ0n) is 6.51. The van der Waals surface area contributed by atoms with Crippen molar-refractivity contribution in [3.8, 4) is 0 Å². The molecule has 0 saturated heterocycles. The van der Waals surface area contributed by atoms with E-state index in [-0.39, 0.29) is 0 Å². The van der Waals surface area contributed by atoms with Gasteiger partial charge in [-0.05, 0) is 0 Å². The molecule has 0 unspecified atom stereocenters. The summed E-state index contributed by atoms with van der Waals surface area (Å²) in [5, 5.41) is 1.06. The van der Waals surface area contributed by atoms with E-state index in [1.165, 1.54) is 14.1 Å². The smallest absolute Gasteiger partial charge is 0.316 e. The second-order valence-corrected chi connectivity index (χ2v) is 3.02. The SMILES string of the molecule is CN=c1scc(C(F)(F)F)n1C. The fourth-order valence-electron chi connectivity index (χ4n) is 0.829. The van der Waals surface area contributed by atoms with E-state index in [9.17, 15) is 13.2 Å². The quantitative estimate of drug-likeness (QED) is 0.600. The highest BCUT2D eigenvalue weighted by Crippen LogP contribution is 2.28. The lowest BCUT2D eigenvalue weighted by Crippen LogP contribution is -2.18. The van der Waals surface area contributed by atoms with Gasteiger partial charge >= 0.3 is 6.18 Å². The lowest BCUT2D eigenvalue weighted by atomic mass is 10.5. The number of nitrogens with zero attached hydrogens (tertiary/aromatic N) is 2. The Morgan fingerprint density at radius 1 is 1.50 bits per heavy atom. The maximum atomic E-state index is 12.1. The average Bonchev–Trinajstić information content (AvgIpc) is 2.29. The van der Waals surface area contributed by atoms with Crippen molar-refractivity contribution < 1.29 is 13.2 Å². The van der Waals surface area contributed by atoms with Crippen molar-refractivity contribution in [2.45, 2.75) is 6.18 Å². The summed E-state index contributed by atoms with van der Waals surface area (Å²) in [5.41, 5.74) is -0.659. The van der Waals surface area contributed by atoms with Gasteiger partial charge in [0.15, 0.2) is 4.80 Å². The van der Waals surface area contributed by atoms with E-state index < -0.39 is 11.9 Å². The topological polar surface area (TPSA) is 17.3 Å². The van der Waals surface area contributed by atoms with Gasteiger partial charge in [0, 0.05) is 19.5 Å². The summed E-state index contributed by atoms with van der Waals surface area (Å²) < 4.78 is 37.5. The van der Waals surface area contributed by atoms with Gasteiger partial charge in [-0.25, -0.2) is 0 Å². The van der Waals surface area contributed by atoms with Crippen LogP contribution in [0.2, 0.25) is 0 Å². The minimum atomic E-state index is -4.28. The normalized spacial score (nSPS) is 13.9. The highest BCUT2D eigenvalue weighted by atomic mass is 32.1. The number of thiazole rings is 1. The molecule has 1 aromatic heterocycles. The van der Waals surface area contributed by atoms with Crippen LogP contribution in [0.25, 0.3) is 0 Å². The largest absolute Gasteiger partial charge is 0.432 e. The van der Waals surface area contributed by atoms with E-state index in [0.717, 1.165) is 21.3 Å². The first-order chi connectivity index (χ1) is 5.46. The van der Waals surface area contributed by atoms with Crippen molar-refractivity contribution in [1.29, 1.82) is 0 Å². The monoisotopic (exact) mass is 196 g/mol. The van der Waals surface area contributed by atoms with Crippen LogP contribution in [0.1, 0.15) is 5.69 Å². The number of halogens is 3. The molecule has 0 N–H and O–H groups in total. The standard InChI is InChI=1S/C6H7F3N2S/c1-10-5-11(2)4(3-12-5)6(7,8)9/h3H,1-2H3. The molecule has 0 atom stereocenters. The first-order valence-corrected chi connectivity index (χ1v) is 3.99. The lowest BCUT2D eigenvalue weighted by molar-refractivity contribution is -0.143. The molecular formula is C6H7F3N2S. The number of hydrogen-bond acceptors (Lipinski definition) is 2. The van der Waals surface area contributed by atoms with Crippen LogP contribution in [0.4, 0.5) is 13.2 Å².